The van der Waals surface area contributed by atoms with Crippen LogP contribution < -0.4 is 11.1 Å². The summed E-state index contributed by atoms with van der Waals surface area (Å²) in [4.78, 5) is 23.3. The Hall–Kier alpha value is -2.08. The van der Waals surface area contributed by atoms with Crippen molar-refractivity contribution >= 4 is 33.4 Å². The first-order chi connectivity index (χ1) is 9.51. The average molecular weight is 336 g/mol. The van der Waals surface area contributed by atoms with E-state index in [2.05, 4.69) is 21.2 Å². The van der Waals surface area contributed by atoms with Crippen LogP contribution in [-0.2, 0) is 6.54 Å². The van der Waals surface area contributed by atoms with E-state index in [0.717, 1.165) is 4.47 Å². The number of nitrogens with two attached hydrogens (primary N) is 1. The molecule has 0 unspecified atom stereocenters. The first-order valence-corrected chi connectivity index (χ1v) is 6.87. The summed E-state index contributed by atoms with van der Waals surface area (Å²) in [7, 11) is 0. The highest BCUT2D eigenvalue weighted by molar-refractivity contribution is 9.10. The van der Waals surface area contributed by atoms with E-state index in [1.165, 1.54) is 0 Å². The highest BCUT2D eigenvalue weighted by Crippen LogP contribution is 2.17. The van der Waals surface area contributed by atoms with E-state index in [9.17, 15) is 9.59 Å². The number of carbonyl (C=O) groups is 2. The Labute approximate surface area is 124 Å². The molecule has 0 fully saturated rings. The molecule has 0 spiro atoms. The van der Waals surface area contributed by atoms with Crippen LogP contribution in [0.3, 0.4) is 0 Å². The van der Waals surface area contributed by atoms with Crippen molar-refractivity contribution in [2.75, 3.05) is 5.32 Å². The van der Waals surface area contributed by atoms with E-state index in [4.69, 9.17) is 5.73 Å². The monoisotopic (exact) mass is 335 g/mol. The number of nitrogens with zero attached hydrogens (tertiary/aromatic N) is 1. The summed E-state index contributed by atoms with van der Waals surface area (Å²) >= 11 is 3.35. The maximum atomic E-state index is 12.2. The minimum atomic E-state index is -0.527. The van der Waals surface area contributed by atoms with Gasteiger partial charge in [0, 0.05) is 28.5 Å². The van der Waals surface area contributed by atoms with Gasteiger partial charge in [-0.3, -0.25) is 9.59 Å². The Kier molecular flexibility index (Phi) is 4.24. The van der Waals surface area contributed by atoms with Crippen molar-refractivity contribution in [1.29, 1.82) is 0 Å². The molecule has 1 aromatic heterocycles. The van der Waals surface area contributed by atoms with E-state index in [-0.39, 0.29) is 5.91 Å². The molecule has 0 bridgehead atoms. The summed E-state index contributed by atoms with van der Waals surface area (Å²) in [5.74, 6) is -0.764. The number of aryl methyl sites for hydroxylation is 1. The molecular weight excluding hydrogens is 322 g/mol. The number of hydrogen-bond donors (Lipinski definition) is 2. The molecular formula is C14H14BrN3O2. The number of hydrogen-bond acceptors (Lipinski definition) is 2. The number of benzene rings is 1. The second-order valence-corrected chi connectivity index (χ2v) is 5.14. The molecule has 5 nitrogen and oxygen atoms in total. The van der Waals surface area contributed by atoms with Gasteiger partial charge < -0.3 is 15.6 Å². The third-order valence-corrected chi connectivity index (χ3v) is 3.28. The molecule has 0 radical (unpaired) electrons. The van der Waals surface area contributed by atoms with Crippen LogP contribution in [0.25, 0.3) is 0 Å². The molecule has 2 rings (SSSR count). The fourth-order valence-electron chi connectivity index (χ4n) is 1.87. The Bertz CT molecular complexity index is 664. The first-order valence-electron chi connectivity index (χ1n) is 6.08. The van der Waals surface area contributed by atoms with Crippen LogP contribution in [0.1, 0.15) is 27.8 Å². The highest BCUT2D eigenvalue weighted by atomic mass is 79.9. The molecule has 20 heavy (non-hydrogen) atoms. The van der Waals surface area contributed by atoms with Gasteiger partial charge in [0.25, 0.3) is 5.91 Å². The third-order valence-electron chi connectivity index (χ3n) is 2.84. The van der Waals surface area contributed by atoms with Crippen molar-refractivity contribution < 1.29 is 9.59 Å². The van der Waals surface area contributed by atoms with E-state index >= 15 is 0 Å². The standard InChI is InChI=1S/C14H14BrN3O2/c1-2-18-8-10(15)7-12(18)14(20)17-11-5-3-4-9(6-11)13(16)19/h3-8H,2H2,1H3,(H2,16,19)(H,17,20). The molecule has 104 valence electrons. The zero-order chi connectivity index (χ0) is 14.7. The summed E-state index contributed by atoms with van der Waals surface area (Å²) in [6, 6.07) is 8.28. The van der Waals surface area contributed by atoms with Crippen LogP contribution in [0, 0.1) is 0 Å². The van der Waals surface area contributed by atoms with Gasteiger partial charge in [-0.25, -0.2) is 0 Å². The van der Waals surface area contributed by atoms with Gasteiger partial charge in [0.15, 0.2) is 0 Å². The minimum Gasteiger partial charge on any atom is -0.366 e. The molecule has 2 aromatic rings. The number of nitrogens with one attached hydrogen (secondary N) is 1. The highest BCUT2D eigenvalue weighted by Gasteiger charge is 2.13. The lowest BCUT2D eigenvalue weighted by molar-refractivity contribution is 0.0994. The van der Waals surface area contributed by atoms with Gasteiger partial charge in [0.2, 0.25) is 5.91 Å². The number of halogens is 1. The van der Waals surface area contributed by atoms with Crippen molar-refractivity contribution in [2.45, 2.75) is 13.5 Å². The van der Waals surface area contributed by atoms with E-state index in [1.807, 2.05) is 17.7 Å². The maximum Gasteiger partial charge on any atom is 0.272 e. The smallest absolute Gasteiger partial charge is 0.272 e. The minimum absolute atomic E-state index is 0.237. The van der Waals surface area contributed by atoms with Crippen LogP contribution in [-0.4, -0.2) is 16.4 Å². The predicted octanol–water partition coefficient (Wildman–Crippen LogP) is 2.62. The number of aromatic nitrogens is 1. The summed E-state index contributed by atoms with van der Waals surface area (Å²) in [5.41, 5.74) is 6.65. The van der Waals surface area contributed by atoms with Gasteiger partial charge in [-0.15, -0.1) is 0 Å². The van der Waals surface area contributed by atoms with Gasteiger partial charge in [0.1, 0.15) is 5.69 Å². The molecule has 0 saturated carbocycles. The fraction of sp³-hybridized carbons (Fsp3) is 0.143. The van der Waals surface area contributed by atoms with Gasteiger partial charge in [-0.2, -0.15) is 0 Å². The molecule has 0 atom stereocenters. The summed E-state index contributed by atoms with van der Waals surface area (Å²) in [6.07, 6.45) is 1.84. The first kappa shape index (κ1) is 14.3. The lowest BCUT2D eigenvalue weighted by Crippen LogP contribution is -2.17. The Morgan fingerprint density at radius 1 is 1.35 bits per heavy atom. The van der Waals surface area contributed by atoms with Crippen molar-refractivity contribution in [3.63, 3.8) is 0 Å². The quantitative estimate of drug-likeness (QED) is 0.900. The summed E-state index contributed by atoms with van der Waals surface area (Å²) in [5, 5.41) is 2.75. The van der Waals surface area contributed by atoms with Crippen molar-refractivity contribution in [3.05, 3.63) is 52.3 Å². The Morgan fingerprint density at radius 2 is 2.10 bits per heavy atom. The Balaban J connectivity index is 2.23. The zero-order valence-electron chi connectivity index (χ0n) is 10.9. The molecule has 0 aliphatic heterocycles. The van der Waals surface area contributed by atoms with Gasteiger partial charge in [-0.1, -0.05) is 6.07 Å². The topological polar surface area (TPSA) is 77.1 Å². The lowest BCUT2D eigenvalue weighted by Gasteiger charge is -2.08. The van der Waals surface area contributed by atoms with Crippen LogP contribution in [0.2, 0.25) is 0 Å². The van der Waals surface area contributed by atoms with Gasteiger partial charge in [0.05, 0.1) is 0 Å². The predicted molar refractivity (Wildman–Crippen MR) is 80.7 cm³/mol. The van der Waals surface area contributed by atoms with E-state index < -0.39 is 5.91 Å². The van der Waals surface area contributed by atoms with Crippen LogP contribution >= 0.6 is 15.9 Å². The number of primary amides is 1. The van der Waals surface area contributed by atoms with Crippen molar-refractivity contribution in [2.24, 2.45) is 5.73 Å². The molecule has 1 aromatic carbocycles. The molecule has 6 heteroatoms. The average Bonchev–Trinajstić information content (AvgIpc) is 2.80. The van der Waals surface area contributed by atoms with E-state index in [0.29, 0.717) is 23.5 Å². The zero-order valence-corrected chi connectivity index (χ0v) is 12.5. The van der Waals surface area contributed by atoms with E-state index in [1.54, 1.807) is 30.3 Å². The largest absolute Gasteiger partial charge is 0.366 e. The van der Waals surface area contributed by atoms with Crippen LogP contribution in [0.5, 0.6) is 0 Å². The Morgan fingerprint density at radius 3 is 2.75 bits per heavy atom. The number of amides is 2. The van der Waals surface area contributed by atoms with Crippen LogP contribution in [0.4, 0.5) is 5.69 Å². The van der Waals surface area contributed by atoms with Gasteiger partial charge >= 0.3 is 0 Å². The molecule has 2 amide bonds. The van der Waals surface area contributed by atoms with Crippen molar-refractivity contribution in [1.82, 2.24) is 4.57 Å². The molecule has 3 N–H and O–H groups in total. The summed E-state index contributed by atoms with van der Waals surface area (Å²) < 4.78 is 2.67. The SMILES string of the molecule is CCn1cc(Br)cc1C(=O)Nc1cccc(C(N)=O)c1. The molecule has 0 saturated heterocycles. The summed E-state index contributed by atoms with van der Waals surface area (Å²) in [6.45, 7) is 2.65. The normalized spacial score (nSPS) is 10.3. The number of carbonyl (C=O) groups excluding carboxylic acids is 2. The van der Waals surface area contributed by atoms with Gasteiger partial charge in [-0.05, 0) is 47.1 Å². The number of rotatable bonds is 4. The lowest BCUT2D eigenvalue weighted by atomic mass is 10.2. The maximum absolute atomic E-state index is 12.2. The second-order valence-electron chi connectivity index (χ2n) is 4.23. The third kappa shape index (κ3) is 3.08. The second kappa shape index (κ2) is 5.92. The van der Waals surface area contributed by atoms with Crippen molar-refractivity contribution in [3.8, 4) is 0 Å². The molecule has 1 heterocycles. The fourth-order valence-corrected chi connectivity index (χ4v) is 2.34. The number of anilines is 1. The molecule has 0 aliphatic carbocycles. The van der Waals surface area contributed by atoms with Crippen LogP contribution in [0.15, 0.2) is 41.0 Å². The molecule has 0 aliphatic rings.